The number of ketones is 1. The van der Waals surface area contributed by atoms with E-state index < -0.39 is 0 Å². The van der Waals surface area contributed by atoms with Gasteiger partial charge in [-0.1, -0.05) is 0 Å². The summed E-state index contributed by atoms with van der Waals surface area (Å²) >= 11 is 0. The Balaban J connectivity index is 2.19. The Hall–Kier alpha value is -0.410. The van der Waals surface area contributed by atoms with Gasteiger partial charge in [-0.15, -0.1) is 0 Å². The molecule has 0 aromatic carbocycles. The second-order valence-corrected chi connectivity index (χ2v) is 2.08. The molecule has 0 saturated carbocycles. The molecule has 0 aliphatic carbocycles. The Morgan fingerprint density at radius 3 is 2.56 bits per heavy atom. The Bertz CT molecular complexity index is 105. The zero-order valence-electron chi connectivity index (χ0n) is 5.42. The molecule has 0 atom stereocenters. The van der Waals surface area contributed by atoms with Crippen LogP contribution in [0.15, 0.2) is 0 Å². The van der Waals surface area contributed by atoms with Crippen molar-refractivity contribution in [2.24, 2.45) is 0 Å². The summed E-state index contributed by atoms with van der Waals surface area (Å²) in [6, 6.07) is 0. The van der Waals surface area contributed by atoms with Crippen LogP contribution in [0.25, 0.3) is 0 Å². The van der Waals surface area contributed by atoms with Crippen LogP contribution in [0.3, 0.4) is 0 Å². The average Bonchev–Trinajstić information content (AvgIpc) is 2.15. The molecular weight excluding hydrogens is 120 g/mol. The zero-order valence-corrected chi connectivity index (χ0v) is 5.42. The highest BCUT2D eigenvalue weighted by molar-refractivity contribution is 5.75. The molecule has 52 valence electrons. The van der Waals surface area contributed by atoms with Gasteiger partial charge in [-0.2, -0.15) is 0 Å². The lowest BCUT2D eigenvalue weighted by molar-refractivity contribution is -0.125. The van der Waals surface area contributed by atoms with E-state index in [0.717, 1.165) is 0 Å². The summed E-state index contributed by atoms with van der Waals surface area (Å²) in [6.07, 6.45) is 0.127. The summed E-state index contributed by atoms with van der Waals surface area (Å²) in [6.45, 7) is 2.78. The van der Waals surface area contributed by atoms with Crippen LogP contribution in [0.2, 0.25) is 0 Å². The third kappa shape index (κ3) is 2.11. The molecular formula is C6H10O3. The lowest BCUT2D eigenvalue weighted by atomic mass is 10.3. The predicted octanol–water partition coefficient (Wildman–Crippen LogP) is 0.338. The first-order valence-electron chi connectivity index (χ1n) is 3.01. The van der Waals surface area contributed by atoms with Crippen LogP contribution < -0.4 is 0 Å². The van der Waals surface area contributed by atoms with Gasteiger partial charge in [0.25, 0.3) is 0 Å². The van der Waals surface area contributed by atoms with Crippen LogP contribution in [0, 0.1) is 0 Å². The highest BCUT2D eigenvalue weighted by Gasteiger charge is 2.16. The van der Waals surface area contributed by atoms with Crippen LogP contribution in [0.1, 0.15) is 13.3 Å². The monoisotopic (exact) mass is 130 g/mol. The van der Waals surface area contributed by atoms with Crippen molar-refractivity contribution in [3.63, 3.8) is 0 Å². The molecule has 3 heteroatoms. The molecule has 0 unspecified atom stereocenters. The molecule has 0 amide bonds. The second-order valence-electron chi connectivity index (χ2n) is 2.08. The summed E-state index contributed by atoms with van der Waals surface area (Å²) in [5.41, 5.74) is 0. The summed E-state index contributed by atoms with van der Waals surface area (Å²) in [5, 5.41) is 0. The lowest BCUT2D eigenvalue weighted by Crippen LogP contribution is -2.11. The molecule has 0 N–H and O–H groups in total. The number of ether oxygens (including phenoxy) is 2. The Labute approximate surface area is 53.9 Å². The third-order valence-corrected chi connectivity index (χ3v) is 1.14. The molecule has 0 bridgehead atoms. The SMILES string of the molecule is CC(=O)CC1OCCO1. The Kier molecular flexibility index (Phi) is 2.19. The first-order valence-corrected chi connectivity index (χ1v) is 3.01. The van der Waals surface area contributed by atoms with Gasteiger partial charge in [0.2, 0.25) is 0 Å². The normalized spacial score (nSPS) is 20.6. The summed E-state index contributed by atoms with van der Waals surface area (Å²) in [7, 11) is 0. The van der Waals surface area contributed by atoms with Crippen molar-refractivity contribution in [3.8, 4) is 0 Å². The summed E-state index contributed by atoms with van der Waals surface area (Å²) in [4.78, 5) is 10.4. The van der Waals surface area contributed by atoms with Crippen molar-refractivity contribution in [2.75, 3.05) is 13.2 Å². The summed E-state index contributed by atoms with van der Waals surface area (Å²) in [5.74, 6) is 0.113. The fraction of sp³-hybridized carbons (Fsp3) is 0.833. The number of rotatable bonds is 2. The second kappa shape index (κ2) is 2.94. The van der Waals surface area contributed by atoms with Crippen LogP contribution in [0.5, 0.6) is 0 Å². The first-order chi connectivity index (χ1) is 4.29. The molecule has 3 nitrogen and oxygen atoms in total. The molecule has 9 heavy (non-hydrogen) atoms. The van der Waals surface area contributed by atoms with Gasteiger partial charge in [-0.3, -0.25) is 4.79 Å². The van der Waals surface area contributed by atoms with E-state index in [1.807, 2.05) is 0 Å². The van der Waals surface area contributed by atoms with E-state index in [9.17, 15) is 4.79 Å². The maximum Gasteiger partial charge on any atom is 0.164 e. The van der Waals surface area contributed by atoms with E-state index in [2.05, 4.69) is 0 Å². The molecule has 1 aliphatic heterocycles. The first kappa shape index (κ1) is 6.71. The molecule has 0 spiro atoms. The van der Waals surface area contributed by atoms with Gasteiger partial charge >= 0.3 is 0 Å². The minimum atomic E-state index is -0.262. The van der Waals surface area contributed by atoms with Gasteiger partial charge < -0.3 is 9.47 Å². The lowest BCUT2D eigenvalue weighted by Gasteiger charge is -2.03. The molecule has 1 aliphatic rings. The minimum Gasteiger partial charge on any atom is -0.350 e. The highest BCUT2D eigenvalue weighted by Crippen LogP contribution is 2.07. The largest absolute Gasteiger partial charge is 0.350 e. The molecule has 1 fully saturated rings. The Morgan fingerprint density at radius 2 is 2.11 bits per heavy atom. The highest BCUT2D eigenvalue weighted by atomic mass is 16.7. The Morgan fingerprint density at radius 1 is 1.56 bits per heavy atom. The van der Waals surface area contributed by atoms with Crippen molar-refractivity contribution < 1.29 is 14.3 Å². The fourth-order valence-electron chi connectivity index (χ4n) is 0.760. The molecule has 0 radical (unpaired) electrons. The van der Waals surface area contributed by atoms with Crippen LogP contribution in [0.4, 0.5) is 0 Å². The summed E-state index contributed by atoms with van der Waals surface area (Å²) < 4.78 is 10.0. The van der Waals surface area contributed by atoms with Crippen molar-refractivity contribution in [2.45, 2.75) is 19.6 Å². The molecule has 1 rings (SSSR count). The van der Waals surface area contributed by atoms with E-state index in [-0.39, 0.29) is 12.1 Å². The molecule has 1 heterocycles. The van der Waals surface area contributed by atoms with Crippen molar-refractivity contribution in [3.05, 3.63) is 0 Å². The number of hydrogen-bond acceptors (Lipinski definition) is 3. The van der Waals surface area contributed by atoms with Crippen molar-refractivity contribution in [1.29, 1.82) is 0 Å². The minimum absolute atomic E-state index is 0.113. The van der Waals surface area contributed by atoms with Crippen LogP contribution >= 0.6 is 0 Å². The van der Waals surface area contributed by atoms with E-state index in [1.165, 1.54) is 6.92 Å². The van der Waals surface area contributed by atoms with Gasteiger partial charge in [0.1, 0.15) is 5.78 Å². The quantitative estimate of drug-likeness (QED) is 0.540. The number of hydrogen-bond donors (Lipinski definition) is 0. The zero-order chi connectivity index (χ0) is 6.69. The number of Topliss-reactive ketones (excluding diaryl/α,β-unsaturated/α-hetero) is 1. The van der Waals surface area contributed by atoms with Gasteiger partial charge in [-0.25, -0.2) is 0 Å². The van der Waals surface area contributed by atoms with E-state index in [0.29, 0.717) is 19.6 Å². The topological polar surface area (TPSA) is 35.5 Å². The predicted molar refractivity (Wildman–Crippen MR) is 31.0 cm³/mol. The number of carbonyl (C=O) groups excluding carboxylic acids is 1. The smallest absolute Gasteiger partial charge is 0.164 e. The fourth-order valence-corrected chi connectivity index (χ4v) is 0.760. The maximum absolute atomic E-state index is 10.4. The molecule has 0 aromatic rings. The van der Waals surface area contributed by atoms with Gasteiger partial charge in [-0.05, 0) is 6.92 Å². The molecule has 0 aromatic heterocycles. The van der Waals surface area contributed by atoms with Crippen LogP contribution in [-0.2, 0) is 14.3 Å². The maximum atomic E-state index is 10.4. The van der Waals surface area contributed by atoms with Crippen molar-refractivity contribution >= 4 is 5.78 Å². The number of carbonyl (C=O) groups is 1. The standard InChI is InChI=1S/C6H10O3/c1-5(7)4-6-8-2-3-9-6/h6H,2-4H2,1H3. The average molecular weight is 130 g/mol. The van der Waals surface area contributed by atoms with E-state index in [1.54, 1.807) is 0 Å². The van der Waals surface area contributed by atoms with Gasteiger partial charge in [0.05, 0.1) is 19.6 Å². The van der Waals surface area contributed by atoms with Crippen molar-refractivity contribution in [1.82, 2.24) is 0 Å². The molecule has 1 saturated heterocycles. The van der Waals surface area contributed by atoms with E-state index in [4.69, 9.17) is 9.47 Å². The third-order valence-electron chi connectivity index (χ3n) is 1.14. The van der Waals surface area contributed by atoms with Gasteiger partial charge in [0, 0.05) is 0 Å². The van der Waals surface area contributed by atoms with E-state index >= 15 is 0 Å². The van der Waals surface area contributed by atoms with Gasteiger partial charge in [0.15, 0.2) is 6.29 Å². The van der Waals surface area contributed by atoms with Crippen LogP contribution in [-0.4, -0.2) is 25.3 Å².